The highest BCUT2D eigenvalue weighted by Crippen LogP contribution is 2.34. The Kier molecular flexibility index (Phi) is 2.97. The first kappa shape index (κ1) is 11.8. The molecule has 0 bridgehead atoms. The molecule has 2 nitrogen and oxygen atoms in total. The van der Waals surface area contributed by atoms with Gasteiger partial charge in [-0.1, -0.05) is 48.5 Å². The monoisotopic (exact) mass is 248 g/mol. The minimum absolute atomic E-state index is 0.338. The highest BCUT2D eigenvalue weighted by Gasteiger charge is 2.34. The molecule has 0 aromatic heterocycles. The van der Waals surface area contributed by atoms with Gasteiger partial charge in [0.2, 0.25) is 0 Å². The van der Waals surface area contributed by atoms with Gasteiger partial charge in [0, 0.05) is 12.2 Å². The summed E-state index contributed by atoms with van der Waals surface area (Å²) in [6.45, 7) is 0.718. The summed E-state index contributed by atoms with van der Waals surface area (Å²) in [6, 6.07) is 21.1. The van der Waals surface area contributed by atoms with Crippen LogP contribution in [0, 0.1) is 16.7 Å². The number of rotatable bonds is 2. The second kappa shape index (κ2) is 4.78. The predicted octanol–water partition coefficient (Wildman–Crippen LogP) is 3.41. The first-order valence-corrected chi connectivity index (χ1v) is 6.58. The van der Waals surface area contributed by atoms with Crippen molar-refractivity contribution >= 4 is 5.69 Å². The van der Waals surface area contributed by atoms with Crippen LogP contribution in [0.15, 0.2) is 54.6 Å². The number of para-hydroxylation sites is 1. The van der Waals surface area contributed by atoms with Gasteiger partial charge in [-0.2, -0.15) is 5.26 Å². The Labute approximate surface area is 113 Å². The normalized spacial score (nSPS) is 21.0. The molecule has 1 aliphatic heterocycles. The van der Waals surface area contributed by atoms with Gasteiger partial charge in [-0.3, -0.25) is 0 Å². The summed E-state index contributed by atoms with van der Waals surface area (Å²) in [5.41, 5.74) is 3.30. The SMILES string of the molecule is N#C[C@]1(Cc2ccccc2)CNc2ccccc2C1. The molecule has 0 spiro atoms. The van der Waals surface area contributed by atoms with Gasteiger partial charge in [-0.25, -0.2) is 0 Å². The smallest absolute Gasteiger partial charge is 0.0826 e. The molecule has 19 heavy (non-hydrogen) atoms. The summed E-state index contributed by atoms with van der Waals surface area (Å²) in [6.07, 6.45) is 1.62. The fourth-order valence-electron chi connectivity index (χ4n) is 2.77. The Morgan fingerprint density at radius 2 is 1.79 bits per heavy atom. The van der Waals surface area contributed by atoms with Crippen LogP contribution in [0.5, 0.6) is 0 Å². The van der Waals surface area contributed by atoms with Gasteiger partial charge in [0.25, 0.3) is 0 Å². The van der Waals surface area contributed by atoms with Crippen molar-refractivity contribution in [3.05, 3.63) is 65.7 Å². The van der Waals surface area contributed by atoms with Crippen LogP contribution < -0.4 is 5.32 Å². The molecule has 0 radical (unpaired) electrons. The lowest BCUT2D eigenvalue weighted by molar-refractivity contribution is 0.404. The van der Waals surface area contributed by atoms with E-state index < -0.39 is 0 Å². The number of hydrogen-bond acceptors (Lipinski definition) is 2. The lowest BCUT2D eigenvalue weighted by Gasteiger charge is -2.33. The van der Waals surface area contributed by atoms with Crippen LogP contribution in [0.25, 0.3) is 0 Å². The van der Waals surface area contributed by atoms with Crippen molar-refractivity contribution in [2.24, 2.45) is 5.41 Å². The molecule has 0 saturated heterocycles. The van der Waals surface area contributed by atoms with E-state index in [0.29, 0.717) is 0 Å². The molecule has 2 aromatic rings. The van der Waals surface area contributed by atoms with Crippen molar-refractivity contribution in [1.29, 1.82) is 5.26 Å². The number of anilines is 1. The summed E-state index contributed by atoms with van der Waals surface area (Å²) in [5.74, 6) is 0. The number of nitrogens with one attached hydrogen (secondary N) is 1. The zero-order valence-electron chi connectivity index (χ0n) is 10.8. The Hall–Kier alpha value is -2.27. The van der Waals surface area contributed by atoms with Crippen LogP contribution in [0.2, 0.25) is 0 Å². The molecule has 3 rings (SSSR count). The van der Waals surface area contributed by atoms with Gasteiger partial charge in [0.15, 0.2) is 0 Å². The van der Waals surface area contributed by atoms with Crippen LogP contribution in [0.4, 0.5) is 5.69 Å². The van der Waals surface area contributed by atoms with Crippen LogP contribution in [0.1, 0.15) is 11.1 Å². The number of nitrogens with zero attached hydrogens (tertiary/aromatic N) is 1. The van der Waals surface area contributed by atoms with Crippen molar-refractivity contribution in [3.63, 3.8) is 0 Å². The van der Waals surface area contributed by atoms with Gasteiger partial charge < -0.3 is 5.32 Å². The maximum Gasteiger partial charge on any atom is 0.0826 e. The summed E-state index contributed by atoms with van der Waals surface area (Å²) < 4.78 is 0. The average molecular weight is 248 g/mol. The first-order chi connectivity index (χ1) is 9.31. The zero-order valence-corrected chi connectivity index (χ0v) is 10.8. The average Bonchev–Trinajstić information content (AvgIpc) is 2.48. The van der Waals surface area contributed by atoms with E-state index in [1.54, 1.807) is 0 Å². The van der Waals surface area contributed by atoms with Crippen molar-refractivity contribution in [2.75, 3.05) is 11.9 Å². The Morgan fingerprint density at radius 3 is 2.58 bits per heavy atom. The molecular formula is C17H16N2. The highest BCUT2D eigenvalue weighted by atomic mass is 14.9. The molecule has 0 fully saturated rings. The quantitative estimate of drug-likeness (QED) is 0.884. The summed E-state index contributed by atoms with van der Waals surface area (Å²) in [4.78, 5) is 0. The lowest BCUT2D eigenvalue weighted by atomic mass is 9.75. The maximum atomic E-state index is 9.64. The van der Waals surface area contributed by atoms with Crippen molar-refractivity contribution in [2.45, 2.75) is 12.8 Å². The van der Waals surface area contributed by atoms with E-state index in [-0.39, 0.29) is 5.41 Å². The molecule has 0 saturated carbocycles. The molecule has 1 heterocycles. The third-order valence-corrected chi connectivity index (χ3v) is 3.79. The number of fused-ring (bicyclic) bond motifs is 1. The minimum atomic E-state index is -0.338. The number of hydrogen-bond donors (Lipinski definition) is 1. The standard InChI is InChI=1S/C17H16N2/c18-12-17(10-14-6-2-1-3-7-14)11-15-8-4-5-9-16(15)19-13-17/h1-9,19H,10-11,13H2/t17-/m1/s1. The number of benzene rings is 2. The minimum Gasteiger partial charge on any atom is -0.383 e. The maximum absolute atomic E-state index is 9.64. The molecule has 0 unspecified atom stereocenters. The zero-order chi connectivity index (χ0) is 13.1. The van der Waals surface area contributed by atoms with Gasteiger partial charge in [-0.15, -0.1) is 0 Å². The summed E-state index contributed by atoms with van der Waals surface area (Å²) >= 11 is 0. The Morgan fingerprint density at radius 1 is 1.05 bits per heavy atom. The molecule has 2 aromatic carbocycles. The molecule has 2 heteroatoms. The van der Waals surface area contributed by atoms with Gasteiger partial charge in [-0.05, 0) is 30.0 Å². The van der Waals surface area contributed by atoms with Crippen LogP contribution in [-0.4, -0.2) is 6.54 Å². The van der Waals surface area contributed by atoms with Crippen molar-refractivity contribution in [1.82, 2.24) is 0 Å². The van der Waals surface area contributed by atoms with E-state index in [0.717, 1.165) is 19.4 Å². The van der Waals surface area contributed by atoms with E-state index in [1.165, 1.54) is 16.8 Å². The second-order valence-electron chi connectivity index (χ2n) is 5.24. The molecule has 0 amide bonds. The number of nitriles is 1. The first-order valence-electron chi connectivity index (χ1n) is 6.58. The molecule has 1 atom stereocenters. The van der Waals surface area contributed by atoms with Crippen LogP contribution >= 0.6 is 0 Å². The van der Waals surface area contributed by atoms with Crippen molar-refractivity contribution in [3.8, 4) is 6.07 Å². The van der Waals surface area contributed by atoms with E-state index in [4.69, 9.17) is 0 Å². The molecule has 1 aliphatic rings. The molecule has 1 N–H and O–H groups in total. The molecule has 0 aliphatic carbocycles. The predicted molar refractivity (Wildman–Crippen MR) is 76.8 cm³/mol. The third kappa shape index (κ3) is 2.32. The fraction of sp³-hybridized carbons (Fsp3) is 0.235. The van der Waals surface area contributed by atoms with Gasteiger partial charge in [0.05, 0.1) is 11.5 Å². The van der Waals surface area contributed by atoms with E-state index >= 15 is 0 Å². The Bertz CT molecular complexity index is 613. The Balaban J connectivity index is 1.89. The topological polar surface area (TPSA) is 35.8 Å². The van der Waals surface area contributed by atoms with E-state index in [2.05, 4.69) is 35.7 Å². The van der Waals surface area contributed by atoms with E-state index in [1.807, 2.05) is 30.3 Å². The summed E-state index contributed by atoms with van der Waals surface area (Å²) in [7, 11) is 0. The van der Waals surface area contributed by atoms with Crippen LogP contribution in [-0.2, 0) is 12.8 Å². The second-order valence-corrected chi connectivity index (χ2v) is 5.24. The van der Waals surface area contributed by atoms with Gasteiger partial charge >= 0.3 is 0 Å². The van der Waals surface area contributed by atoms with E-state index in [9.17, 15) is 5.26 Å². The van der Waals surface area contributed by atoms with Crippen LogP contribution in [0.3, 0.4) is 0 Å². The van der Waals surface area contributed by atoms with Crippen molar-refractivity contribution < 1.29 is 0 Å². The third-order valence-electron chi connectivity index (χ3n) is 3.79. The fourth-order valence-corrected chi connectivity index (χ4v) is 2.77. The largest absolute Gasteiger partial charge is 0.383 e. The lowest BCUT2D eigenvalue weighted by Crippen LogP contribution is -2.36. The van der Waals surface area contributed by atoms with Gasteiger partial charge in [0.1, 0.15) is 0 Å². The highest BCUT2D eigenvalue weighted by molar-refractivity contribution is 5.55. The molecular weight excluding hydrogens is 232 g/mol. The summed E-state index contributed by atoms with van der Waals surface area (Å²) in [5, 5.41) is 13.0. The molecule has 94 valence electrons.